The van der Waals surface area contributed by atoms with Crippen molar-refractivity contribution in [1.82, 2.24) is 0 Å². The van der Waals surface area contributed by atoms with E-state index < -0.39 is 0 Å². The molecule has 60 valence electrons. The second kappa shape index (κ2) is 4.33. The van der Waals surface area contributed by atoms with E-state index in [1.165, 1.54) is 16.7 Å². The molecular weight excluding hydrogens is 167 g/mol. The third-order valence-corrected chi connectivity index (χ3v) is 3.48. The normalized spacial score (nSPS) is 18.2. The van der Waals surface area contributed by atoms with Gasteiger partial charge in [-0.05, 0) is 23.6 Å². The molecule has 0 fully saturated rings. The first kappa shape index (κ1) is 10.9. The minimum absolute atomic E-state index is 0. The maximum Gasteiger partial charge on any atom is 1.00 e. The third kappa shape index (κ3) is 1.99. The van der Waals surface area contributed by atoms with Crippen LogP contribution >= 0.6 is 0 Å². The van der Waals surface area contributed by atoms with E-state index >= 15 is 0 Å². The van der Waals surface area contributed by atoms with Crippen molar-refractivity contribution in [3.8, 4) is 0 Å². The summed E-state index contributed by atoms with van der Waals surface area (Å²) in [7, 11) is 0.988. The Morgan fingerprint density at radius 2 is 2.08 bits per heavy atom. The summed E-state index contributed by atoms with van der Waals surface area (Å²) in [4.78, 5) is 0. The molecule has 1 aliphatic carbocycles. The number of rotatable bonds is 1. The van der Waals surface area contributed by atoms with Crippen LogP contribution in [0.5, 0.6) is 0 Å². The number of hydrogen-bond donors (Lipinski definition) is 0. The van der Waals surface area contributed by atoms with Gasteiger partial charge in [0.05, 0.1) is 0 Å². The molecule has 0 spiro atoms. The van der Waals surface area contributed by atoms with Gasteiger partial charge in [-0.1, -0.05) is 42.5 Å². The quantitative estimate of drug-likeness (QED) is 0.525. The Balaban J connectivity index is 0.000000845. The van der Waals surface area contributed by atoms with E-state index in [1.807, 2.05) is 0 Å². The summed E-state index contributed by atoms with van der Waals surface area (Å²) in [6, 6.07) is 6.75. The van der Waals surface area contributed by atoms with Crippen molar-refractivity contribution in [2.24, 2.45) is 0 Å². The topological polar surface area (TPSA) is 0 Å². The van der Waals surface area contributed by atoms with Crippen molar-refractivity contribution in [2.45, 2.75) is 19.0 Å². The Bertz CT molecular complexity index is 331. The van der Waals surface area contributed by atoms with Crippen molar-refractivity contribution in [1.29, 1.82) is 0 Å². The molecule has 0 saturated carbocycles. The molecule has 1 aliphatic rings. The van der Waals surface area contributed by atoms with Gasteiger partial charge < -0.3 is 0 Å². The molecule has 0 aromatic heterocycles. The van der Waals surface area contributed by atoms with Crippen LogP contribution in [-0.4, -0.2) is 9.52 Å². The van der Waals surface area contributed by atoms with Crippen molar-refractivity contribution in [2.75, 3.05) is 0 Å². The SMILES string of the molecule is C[Si]C1C=Cc2cc(C)ccc21.[Li+]. The van der Waals surface area contributed by atoms with Crippen molar-refractivity contribution < 1.29 is 18.9 Å². The van der Waals surface area contributed by atoms with Crippen molar-refractivity contribution in [3.63, 3.8) is 0 Å². The van der Waals surface area contributed by atoms with E-state index in [0.717, 1.165) is 9.52 Å². The van der Waals surface area contributed by atoms with Crippen LogP contribution in [0, 0.1) is 6.92 Å². The summed E-state index contributed by atoms with van der Waals surface area (Å²) in [6.45, 7) is 4.42. The van der Waals surface area contributed by atoms with E-state index in [1.54, 1.807) is 0 Å². The van der Waals surface area contributed by atoms with Gasteiger partial charge in [-0.25, -0.2) is 0 Å². The van der Waals surface area contributed by atoms with Crippen LogP contribution < -0.4 is 18.9 Å². The number of aryl methyl sites for hydroxylation is 1. The molecule has 0 N–H and O–H groups in total. The van der Waals surface area contributed by atoms with Crippen LogP contribution in [0.1, 0.15) is 22.2 Å². The zero-order valence-electron chi connectivity index (χ0n) is 8.46. The van der Waals surface area contributed by atoms with Gasteiger partial charge >= 0.3 is 18.9 Å². The predicted molar refractivity (Wildman–Crippen MR) is 54.6 cm³/mol. The fourth-order valence-electron chi connectivity index (χ4n) is 1.68. The fraction of sp³-hybridized carbons (Fsp3) is 0.273. The molecule has 2 rings (SSSR count). The minimum atomic E-state index is 0. The Morgan fingerprint density at radius 1 is 1.31 bits per heavy atom. The third-order valence-electron chi connectivity index (χ3n) is 2.36. The minimum Gasteiger partial charge on any atom is -0.0797 e. The van der Waals surface area contributed by atoms with Gasteiger partial charge in [0, 0.05) is 9.52 Å². The molecular formula is C11H12LiSi+. The smallest absolute Gasteiger partial charge is 0.0797 e. The molecule has 0 amide bonds. The molecule has 0 bridgehead atoms. The molecule has 1 unspecified atom stereocenters. The van der Waals surface area contributed by atoms with Gasteiger partial charge in [0.2, 0.25) is 0 Å². The summed E-state index contributed by atoms with van der Waals surface area (Å²) in [5.74, 6) is 0. The molecule has 2 heteroatoms. The predicted octanol–water partition coefficient (Wildman–Crippen LogP) is -0.181. The van der Waals surface area contributed by atoms with Gasteiger partial charge in [-0.2, -0.15) is 0 Å². The number of fused-ring (bicyclic) bond motifs is 1. The summed E-state index contributed by atoms with van der Waals surface area (Å²) < 4.78 is 0. The molecule has 0 saturated heterocycles. The van der Waals surface area contributed by atoms with Crippen LogP contribution in [-0.2, 0) is 0 Å². The van der Waals surface area contributed by atoms with Crippen molar-refractivity contribution in [3.05, 3.63) is 41.0 Å². The first-order valence-electron chi connectivity index (χ1n) is 4.27. The molecule has 2 radical (unpaired) electrons. The van der Waals surface area contributed by atoms with Gasteiger partial charge in [-0.3, -0.25) is 0 Å². The van der Waals surface area contributed by atoms with Gasteiger partial charge in [0.1, 0.15) is 0 Å². The molecule has 13 heavy (non-hydrogen) atoms. The Kier molecular flexibility index (Phi) is 3.61. The molecule has 0 nitrogen and oxygen atoms in total. The Labute approximate surface area is 94.4 Å². The largest absolute Gasteiger partial charge is 1.00 e. The maximum absolute atomic E-state index is 2.32. The Morgan fingerprint density at radius 3 is 2.77 bits per heavy atom. The molecule has 0 aliphatic heterocycles. The number of hydrogen-bond acceptors (Lipinski definition) is 0. The van der Waals surface area contributed by atoms with Crippen LogP contribution in [0.15, 0.2) is 24.3 Å². The zero-order chi connectivity index (χ0) is 8.55. The Hall–Kier alpha value is -0.226. The zero-order valence-corrected chi connectivity index (χ0v) is 9.46. The van der Waals surface area contributed by atoms with E-state index in [2.05, 4.69) is 43.8 Å². The van der Waals surface area contributed by atoms with Gasteiger partial charge in [-0.15, -0.1) is 0 Å². The summed E-state index contributed by atoms with van der Waals surface area (Å²) in [6.07, 6.45) is 4.58. The van der Waals surface area contributed by atoms with Crippen LogP contribution in [0.3, 0.4) is 0 Å². The van der Waals surface area contributed by atoms with Gasteiger partial charge in [0.25, 0.3) is 0 Å². The first-order chi connectivity index (χ1) is 5.81. The van der Waals surface area contributed by atoms with E-state index in [4.69, 9.17) is 0 Å². The second-order valence-corrected chi connectivity index (χ2v) is 4.46. The number of benzene rings is 1. The molecule has 1 aromatic rings. The van der Waals surface area contributed by atoms with Gasteiger partial charge in [0.15, 0.2) is 0 Å². The average Bonchev–Trinajstić information content (AvgIpc) is 2.46. The number of allylic oxidation sites excluding steroid dienone is 1. The van der Waals surface area contributed by atoms with Crippen LogP contribution in [0.25, 0.3) is 6.08 Å². The summed E-state index contributed by atoms with van der Waals surface area (Å²) in [5.41, 5.74) is 5.00. The van der Waals surface area contributed by atoms with Crippen LogP contribution in [0.4, 0.5) is 0 Å². The molecule has 1 aromatic carbocycles. The maximum atomic E-state index is 2.32. The second-order valence-electron chi connectivity index (χ2n) is 3.26. The molecule has 1 atom stereocenters. The standard InChI is InChI=1S/C11H12Si.Li/c1-8-3-5-10-9(7-8)4-6-11(10)12-2;/h3-7,11H,1-2H3;/q;+1. The fourth-order valence-corrected chi connectivity index (χ4v) is 2.54. The average molecular weight is 179 g/mol. The molecule has 0 heterocycles. The van der Waals surface area contributed by atoms with E-state index in [0.29, 0.717) is 5.54 Å². The monoisotopic (exact) mass is 179 g/mol. The summed E-state index contributed by atoms with van der Waals surface area (Å²) in [5, 5.41) is 0. The van der Waals surface area contributed by atoms with Crippen molar-refractivity contribution >= 4 is 15.6 Å². The summed E-state index contributed by atoms with van der Waals surface area (Å²) >= 11 is 0. The van der Waals surface area contributed by atoms with E-state index in [-0.39, 0.29) is 18.9 Å². The van der Waals surface area contributed by atoms with E-state index in [9.17, 15) is 0 Å². The first-order valence-corrected chi connectivity index (χ1v) is 5.85. The van der Waals surface area contributed by atoms with Crippen LogP contribution in [0.2, 0.25) is 6.55 Å².